The lowest BCUT2D eigenvalue weighted by Crippen LogP contribution is -2.49. The van der Waals surface area contributed by atoms with E-state index in [1.165, 1.54) is 6.42 Å². The second-order valence-corrected chi connectivity index (χ2v) is 8.87. The molecule has 0 saturated carbocycles. The van der Waals surface area contributed by atoms with Gasteiger partial charge in [-0.15, -0.1) is 10.2 Å². The van der Waals surface area contributed by atoms with Crippen LogP contribution in [0.1, 0.15) is 33.1 Å². The van der Waals surface area contributed by atoms with Gasteiger partial charge < -0.3 is 9.80 Å². The maximum Gasteiger partial charge on any atom is 0.227 e. The van der Waals surface area contributed by atoms with E-state index >= 15 is 0 Å². The van der Waals surface area contributed by atoms with E-state index in [0.29, 0.717) is 17.7 Å². The van der Waals surface area contributed by atoms with E-state index in [1.807, 2.05) is 29.1 Å². The van der Waals surface area contributed by atoms with Gasteiger partial charge in [0, 0.05) is 38.6 Å². The van der Waals surface area contributed by atoms with Gasteiger partial charge in [0.15, 0.2) is 0 Å². The molecule has 0 aliphatic carbocycles. The molecular formula is C19H27N5OS. The zero-order valence-corrected chi connectivity index (χ0v) is 16.4. The molecule has 0 aromatic carbocycles. The average molecular weight is 374 g/mol. The molecule has 2 aliphatic rings. The van der Waals surface area contributed by atoms with E-state index in [4.69, 9.17) is 0 Å². The van der Waals surface area contributed by atoms with Gasteiger partial charge in [-0.25, -0.2) is 0 Å². The van der Waals surface area contributed by atoms with Gasteiger partial charge in [0.25, 0.3) is 0 Å². The number of hydrogen-bond acceptors (Lipinski definition) is 5. The molecular weight excluding hydrogens is 346 g/mol. The number of amides is 1. The number of aromatic nitrogens is 3. The van der Waals surface area contributed by atoms with Crippen molar-refractivity contribution in [3.05, 3.63) is 24.5 Å². The molecule has 4 heterocycles. The predicted molar refractivity (Wildman–Crippen MR) is 104 cm³/mol. The van der Waals surface area contributed by atoms with Crippen molar-refractivity contribution in [2.24, 2.45) is 17.8 Å². The van der Waals surface area contributed by atoms with E-state index in [2.05, 4.69) is 33.8 Å². The molecule has 0 spiro atoms. The second kappa shape index (κ2) is 7.39. The first-order valence-corrected chi connectivity index (χ1v) is 10.4. The molecule has 26 heavy (non-hydrogen) atoms. The van der Waals surface area contributed by atoms with E-state index < -0.39 is 0 Å². The lowest BCUT2D eigenvalue weighted by Gasteiger charge is -2.39. The lowest BCUT2D eigenvalue weighted by molar-refractivity contribution is -0.138. The number of rotatable bonds is 3. The van der Waals surface area contributed by atoms with Gasteiger partial charge in [0.2, 0.25) is 16.2 Å². The van der Waals surface area contributed by atoms with Crippen molar-refractivity contribution in [1.82, 2.24) is 19.7 Å². The summed E-state index contributed by atoms with van der Waals surface area (Å²) in [5.41, 5.74) is 0. The molecule has 4 rings (SSSR count). The summed E-state index contributed by atoms with van der Waals surface area (Å²) >= 11 is 1.59. The Hall–Kier alpha value is -1.89. The minimum absolute atomic E-state index is 0.0835. The first-order valence-electron chi connectivity index (χ1n) is 9.60. The summed E-state index contributed by atoms with van der Waals surface area (Å²) in [7, 11) is 0. The van der Waals surface area contributed by atoms with Crippen LogP contribution in [0.15, 0.2) is 24.5 Å². The van der Waals surface area contributed by atoms with E-state index in [9.17, 15) is 4.79 Å². The summed E-state index contributed by atoms with van der Waals surface area (Å²) in [4.78, 5) is 17.4. The molecule has 1 amide bonds. The fraction of sp³-hybridized carbons (Fsp3) is 0.632. The van der Waals surface area contributed by atoms with Gasteiger partial charge in [0.05, 0.1) is 5.92 Å². The highest BCUT2D eigenvalue weighted by Gasteiger charge is 2.33. The molecule has 0 N–H and O–H groups in total. The molecule has 0 radical (unpaired) electrons. The Kier molecular flexibility index (Phi) is 4.98. The quantitative estimate of drug-likeness (QED) is 0.830. The van der Waals surface area contributed by atoms with Crippen molar-refractivity contribution in [3.63, 3.8) is 0 Å². The normalized spacial score (nSPS) is 26.9. The van der Waals surface area contributed by atoms with E-state index in [-0.39, 0.29) is 5.92 Å². The van der Waals surface area contributed by atoms with Crippen LogP contribution >= 0.6 is 11.3 Å². The van der Waals surface area contributed by atoms with Gasteiger partial charge in [-0.3, -0.25) is 9.36 Å². The molecule has 0 bridgehead atoms. The standard InChI is InChI=1S/C19H27N5OS/c1-14-10-15(2)12-24(11-14)17(25)16-6-5-9-23(13-16)19-21-20-18(26-19)22-7-3-4-8-22/h3-4,7-8,14-16H,5-6,9-13H2,1-2H3/t14-,15+,16-/m1/s1. The van der Waals surface area contributed by atoms with E-state index in [0.717, 1.165) is 49.3 Å². The zero-order chi connectivity index (χ0) is 18.1. The largest absolute Gasteiger partial charge is 0.346 e. The van der Waals surface area contributed by atoms with Gasteiger partial charge in [-0.2, -0.15) is 0 Å². The van der Waals surface area contributed by atoms with Crippen LogP contribution in [-0.4, -0.2) is 51.8 Å². The fourth-order valence-corrected chi connectivity index (χ4v) is 5.20. The molecule has 6 nitrogen and oxygen atoms in total. The van der Waals surface area contributed by atoms with Gasteiger partial charge in [-0.05, 0) is 43.2 Å². The molecule has 0 unspecified atom stereocenters. The average Bonchev–Trinajstić information content (AvgIpc) is 3.31. The summed E-state index contributed by atoms with van der Waals surface area (Å²) in [5, 5.41) is 10.5. The smallest absolute Gasteiger partial charge is 0.227 e. The SMILES string of the molecule is C[C@@H]1C[C@H](C)CN(C(=O)[C@@H]2CCCN(c3nnc(-n4cccc4)s3)C2)C1. The number of carbonyl (C=O) groups excluding carboxylic acids is 1. The number of nitrogens with zero attached hydrogens (tertiary/aromatic N) is 5. The Bertz CT molecular complexity index is 733. The van der Waals surface area contributed by atoms with Crippen molar-refractivity contribution in [3.8, 4) is 5.13 Å². The third-order valence-electron chi connectivity index (χ3n) is 5.45. The molecule has 140 valence electrons. The molecule has 3 atom stereocenters. The van der Waals surface area contributed by atoms with Crippen molar-refractivity contribution in [2.75, 3.05) is 31.1 Å². The molecule has 7 heteroatoms. The zero-order valence-electron chi connectivity index (χ0n) is 15.5. The molecule has 2 saturated heterocycles. The Morgan fingerprint density at radius 3 is 2.50 bits per heavy atom. The van der Waals surface area contributed by atoms with Gasteiger partial charge >= 0.3 is 0 Å². The lowest BCUT2D eigenvalue weighted by atomic mass is 9.89. The third-order valence-corrected chi connectivity index (χ3v) is 6.45. The fourth-order valence-electron chi connectivity index (χ4n) is 4.36. The molecule has 2 fully saturated rings. The number of likely N-dealkylation sites (tertiary alicyclic amines) is 1. The minimum Gasteiger partial charge on any atom is -0.346 e. The number of carbonyl (C=O) groups is 1. The Labute approximate surface area is 158 Å². The van der Waals surface area contributed by atoms with Crippen LogP contribution < -0.4 is 4.90 Å². The monoisotopic (exact) mass is 373 g/mol. The Morgan fingerprint density at radius 1 is 1.08 bits per heavy atom. The van der Waals surface area contributed by atoms with Gasteiger partial charge in [0.1, 0.15) is 0 Å². The van der Waals surface area contributed by atoms with E-state index in [1.54, 1.807) is 11.3 Å². The highest BCUT2D eigenvalue weighted by Crippen LogP contribution is 2.30. The first-order chi connectivity index (χ1) is 12.6. The summed E-state index contributed by atoms with van der Waals surface area (Å²) in [6, 6.07) is 3.97. The first kappa shape index (κ1) is 17.5. The maximum absolute atomic E-state index is 13.1. The van der Waals surface area contributed by atoms with Crippen LogP contribution in [0.4, 0.5) is 5.13 Å². The Balaban J connectivity index is 1.43. The van der Waals surface area contributed by atoms with Crippen molar-refractivity contribution in [1.29, 1.82) is 0 Å². The number of piperidine rings is 2. The van der Waals surface area contributed by atoms with Crippen LogP contribution in [0.5, 0.6) is 0 Å². The van der Waals surface area contributed by atoms with Crippen molar-refractivity contribution >= 4 is 22.4 Å². The highest BCUT2D eigenvalue weighted by molar-refractivity contribution is 7.17. The minimum atomic E-state index is 0.0835. The topological polar surface area (TPSA) is 54.3 Å². The Morgan fingerprint density at radius 2 is 1.77 bits per heavy atom. The highest BCUT2D eigenvalue weighted by atomic mass is 32.1. The maximum atomic E-state index is 13.1. The predicted octanol–water partition coefficient (Wildman–Crippen LogP) is 3.05. The van der Waals surface area contributed by atoms with Crippen LogP contribution in [-0.2, 0) is 4.79 Å². The molecule has 2 aromatic heterocycles. The number of anilines is 1. The summed E-state index contributed by atoms with van der Waals surface area (Å²) in [6.07, 6.45) is 7.20. The summed E-state index contributed by atoms with van der Waals surface area (Å²) < 4.78 is 1.98. The van der Waals surface area contributed by atoms with Crippen LogP contribution in [0.25, 0.3) is 5.13 Å². The molecule has 2 aliphatic heterocycles. The van der Waals surface area contributed by atoms with Gasteiger partial charge in [-0.1, -0.05) is 25.2 Å². The third kappa shape index (κ3) is 3.63. The summed E-state index contributed by atoms with van der Waals surface area (Å²) in [5.74, 6) is 1.63. The van der Waals surface area contributed by atoms with Crippen LogP contribution in [0, 0.1) is 17.8 Å². The summed E-state index contributed by atoms with van der Waals surface area (Å²) in [6.45, 7) is 8.06. The van der Waals surface area contributed by atoms with Crippen molar-refractivity contribution < 1.29 is 4.79 Å². The molecule has 2 aromatic rings. The second-order valence-electron chi connectivity index (χ2n) is 7.93. The van der Waals surface area contributed by atoms with Crippen molar-refractivity contribution in [2.45, 2.75) is 33.1 Å². The van der Waals surface area contributed by atoms with Crippen LogP contribution in [0.3, 0.4) is 0 Å². The number of hydrogen-bond donors (Lipinski definition) is 0. The van der Waals surface area contributed by atoms with Crippen LogP contribution in [0.2, 0.25) is 0 Å².